The van der Waals surface area contributed by atoms with E-state index in [2.05, 4.69) is 20.9 Å². The molecule has 0 saturated carbocycles. The van der Waals surface area contributed by atoms with Crippen molar-refractivity contribution in [1.82, 2.24) is 4.98 Å². The third kappa shape index (κ3) is 23.5. The summed E-state index contributed by atoms with van der Waals surface area (Å²) in [7, 11) is 1.71. The summed E-state index contributed by atoms with van der Waals surface area (Å²) in [6.45, 7) is 10.9. The van der Waals surface area contributed by atoms with Crippen LogP contribution in [0.3, 0.4) is 0 Å². The molecule has 0 aliphatic rings. The Morgan fingerprint density at radius 3 is 1.69 bits per heavy atom. The number of hydrogen-bond donors (Lipinski definition) is 0. The van der Waals surface area contributed by atoms with E-state index in [0.29, 0.717) is 78.2 Å². The molecule has 0 spiro atoms. The molecule has 186 valence electrons. The molecule has 0 unspecified atom stereocenters. The van der Waals surface area contributed by atoms with Gasteiger partial charge in [0.15, 0.2) is 0 Å². The lowest BCUT2D eigenvalue weighted by atomic mass is 10.2. The van der Waals surface area contributed by atoms with E-state index in [4.69, 9.17) is 33.2 Å². The first kappa shape index (κ1) is 30.9. The molecule has 0 amide bonds. The van der Waals surface area contributed by atoms with E-state index in [1.165, 1.54) is 0 Å². The van der Waals surface area contributed by atoms with Gasteiger partial charge in [0.1, 0.15) is 19.5 Å². The van der Waals surface area contributed by atoms with Crippen molar-refractivity contribution < 1.29 is 38.0 Å². The second-order valence-electron chi connectivity index (χ2n) is 7.17. The lowest BCUT2D eigenvalue weighted by Gasteiger charge is -2.14. The number of aldehydes is 1. The molecule has 0 aromatic carbocycles. The van der Waals surface area contributed by atoms with E-state index >= 15 is 0 Å². The molecule has 0 aliphatic heterocycles. The Bertz CT molecular complexity index is 557. The highest BCUT2D eigenvalue weighted by Crippen LogP contribution is 2.14. The average molecular weight is 524 g/mol. The first-order valence-corrected chi connectivity index (χ1v) is 11.3. The van der Waals surface area contributed by atoms with Gasteiger partial charge in [-0.15, -0.1) is 0 Å². The third-order valence-corrected chi connectivity index (χ3v) is 3.95. The molecule has 32 heavy (non-hydrogen) atoms. The minimum Gasteiger partial charge on any atom is -0.475 e. The van der Waals surface area contributed by atoms with Crippen LogP contribution in [0.25, 0.3) is 0 Å². The minimum atomic E-state index is 0.0417. The predicted molar refractivity (Wildman–Crippen MR) is 124 cm³/mol. The van der Waals surface area contributed by atoms with Gasteiger partial charge in [-0.1, -0.05) is 15.9 Å². The molecule has 1 rings (SSSR count). The monoisotopic (exact) mass is 523 g/mol. The highest BCUT2D eigenvalue weighted by Gasteiger charge is 2.04. The molecule has 0 N–H and O–H groups in total. The van der Waals surface area contributed by atoms with Crippen molar-refractivity contribution in [1.29, 1.82) is 0 Å². The van der Waals surface area contributed by atoms with Crippen molar-refractivity contribution in [3.05, 3.63) is 22.8 Å². The number of methoxy groups -OCH3 is 1. The molecule has 0 bridgehead atoms. The van der Waals surface area contributed by atoms with Crippen LogP contribution in [0, 0.1) is 0 Å². The van der Waals surface area contributed by atoms with E-state index in [0.717, 1.165) is 4.47 Å². The zero-order valence-corrected chi connectivity index (χ0v) is 21.3. The van der Waals surface area contributed by atoms with Gasteiger partial charge in [0.25, 0.3) is 0 Å². The maximum Gasteiger partial charge on any atom is 0.214 e. The van der Waals surface area contributed by atoms with Crippen molar-refractivity contribution in [3.63, 3.8) is 0 Å². The summed E-state index contributed by atoms with van der Waals surface area (Å²) in [6.07, 6.45) is 2.39. The summed E-state index contributed by atoms with van der Waals surface area (Å²) in [5.41, 5.74) is 0.0417. The third-order valence-electron chi connectivity index (χ3n) is 3.46. The van der Waals surface area contributed by atoms with Gasteiger partial charge in [0, 0.05) is 23.8 Å². The summed E-state index contributed by atoms with van der Waals surface area (Å²) in [5, 5.41) is 0. The molecule has 10 heteroatoms. The highest BCUT2D eigenvalue weighted by molar-refractivity contribution is 9.10. The van der Waals surface area contributed by atoms with Gasteiger partial charge in [-0.2, -0.15) is 0 Å². The quantitative estimate of drug-likeness (QED) is 0.212. The van der Waals surface area contributed by atoms with Crippen LogP contribution < -0.4 is 4.74 Å². The Hall–Kier alpha value is -1.14. The first-order chi connectivity index (χ1) is 15.4. The fourth-order valence-electron chi connectivity index (χ4n) is 1.68. The Kier molecular flexibility index (Phi) is 20.9. The summed E-state index contributed by atoms with van der Waals surface area (Å²) in [4.78, 5) is 14.1. The molecule has 1 aromatic rings. The van der Waals surface area contributed by atoms with Crippen LogP contribution in [0.15, 0.2) is 22.8 Å². The molecule has 0 radical (unpaired) electrons. The molecule has 0 saturated heterocycles. The van der Waals surface area contributed by atoms with Crippen LogP contribution in [-0.2, 0) is 33.2 Å². The maximum atomic E-state index is 10.0. The fraction of sp³-hybridized carbons (Fsp3) is 0.727. The van der Waals surface area contributed by atoms with Gasteiger partial charge in [0.05, 0.1) is 65.1 Å². The van der Waals surface area contributed by atoms with E-state index in [1.807, 2.05) is 26.8 Å². The molecular formula is C22H38BrNO8. The van der Waals surface area contributed by atoms with Gasteiger partial charge in [0.2, 0.25) is 5.88 Å². The van der Waals surface area contributed by atoms with Crippen molar-refractivity contribution in [2.75, 3.05) is 79.8 Å². The number of carbonyl (C=O) groups is 1. The number of carbonyl (C=O) groups excluding carboxylic acids is 1. The van der Waals surface area contributed by atoms with E-state index < -0.39 is 0 Å². The number of ether oxygens (including phenoxy) is 7. The predicted octanol–water partition coefficient (Wildman–Crippen LogP) is 2.94. The van der Waals surface area contributed by atoms with Gasteiger partial charge in [-0.25, -0.2) is 4.98 Å². The van der Waals surface area contributed by atoms with Crippen molar-refractivity contribution in [3.8, 4) is 5.88 Å². The number of aromatic nitrogens is 1. The molecule has 1 aromatic heterocycles. The number of rotatable bonds is 18. The molecular weight excluding hydrogens is 486 g/mol. The van der Waals surface area contributed by atoms with Crippen LogP contribution in [0.4, 0.5) is 0 Å². The van der Waals surface area contributed by atoms with E-state index in [-0.39, 0.29) is 12.2 Å². The summed E-state index contributed by atoms with van der Waals surface area (Å²) < 4.78 is 37.6. The van der Waals surface area contributed by atoms with Gasteiger partial charge in [-0.05, 0) is 26.8 Å². The van der Waals surface area contributed by atoms with E-state index in [1.54, 1.807) is 19.4 Å². The molecule has 0 atom stereocenters. The van der Waals surface area contributed by atoms with Crippen molar-refractivity contribution >= 4 is 22.2 Å². The average Bonchev–Trinajstić information content (AvgIpc) is 2.76. The van der Waals surface area contributed by atoms with Crippen molar-refractivity contribution in [2.45, 2.75) is 26.4 Å². The van der Waals surface area contributed by atoms with Gasteiger partial charge < -0.3 is 38.0 Å². The standard InChI is InChI=1S/C17H26BrNO7.C5H12O/c18-16-1-2-19-17(15-16)26-14-13-25-12-11-24-10-9-23-8-7-22-6-5-21-4-3-20;1-5(2,3)6-4/h1-3,15H,4-14H2;1-4H3. The Morgan fingerprint density at radius 1 is 0.844 bits per heavy atom. The van der Waals surface area contributed by atoms with Crippen LogP contribution in [0.5, 0.6) is 5.88 Å². The topological polar surface area (TPSA) is 94.6 Å². The van der Waals surface area contributed by atoms with Crippen LogP contribution in [0.2, 0.25) is 0 Å². The maximum absolute atomic E-state index is 10.0. The lowest BCUT2D eigenvalue weighted by molar-refractivity contribution is -0.112. The van der Waals surface area contributed by atoms with Crippen LogP contribution in [-0.4, -0.2) is 96.7 Å². The molecule has 1 heterocycles. The highest BCUT2D eigenvalue weighted by atomic mass is 79.9. The number of nitrogens with zero attached hydrogens (tertiary/aromatic N) is 1. The Labute approximate surface area is 200 Å². The molecule has 0 fully saturated rings. The Morgan fingerprint density at radius 2 is 1.28 bits per heavy atom. The minimum absolute atomic E-state index is 0.0417. The number of pyridine rings is 1. The van der Waals surface area contributed by atoms with Crippen molar-refractivity contribution in [2.24, 2.45) is 0 Å². The fourth-order valence-corrected chi connectivity index (χ4v) is 1.99. The lowest BCUT2D eigenvalue weighted by Crippen LogP contribution is -2.15. The molecule has 9 nitrogen and oxygen atoms in total. The SMILES string of the molecule is COC(C)(C)C.O=CCOCCOCCOCCOCCOCCOc1cc(Br)ccn1. The first-order valence-electron chi connectivity index (χ1n) is 10.5. The smallest absolute Gasteiger partial charge is 0.214 e. The molecule has 0 aliphatic carbocycles. The number of halogens is 1. The second-order valence-corrected chi connectivity index (χ2v) is 8.08. The zero-order valence-electron chi connectivity index (χ0n) is 19.7. The Balaban J connectivity index is 0.00000140. The number of hydrogen-bond acceptors (Lipinski definition) is 9. The van der Waals surface area contributed by atoms with E-state index in [9.17, 15) is 4.79 Å². The normalized spacial score (nSPS) is 11.0. The van der Waals surface area contributed by atoms with Gasteiger partial charge >= 0.3 is 0 Å². The van der Waals surface area contributed by atoms with Crippen LogP contribution in [0.1, 0.15) is 20.8 Å². The summed E-state index contributed by atoms with van der Waals surface area (Å²) in [5.74, 6) is 0.564. The summed E-state index contributed by atoms with van der Waals surface area (Å²) in [6, 6.07) is 3.64. The second kappa shape index (κ2) is 21.7. The van der Waals surface area contributed by atoms with Gasteiger partial charge in [-0.3, -0.25) is 0 Å². The zero-order chi connectivity index (χ0) is 23.9. The van der Waals surface area contributed by atoms with Crippen LogP contribution >= 0.6 is 15.9 Å². The largest absolute Gasteiger partial charge is 0.475 e. The summed E-state index contributed by atoms with van der Waals surface area (Å²) >= 11 is 3.35.